The first-order valence-corrected chi connectivity index (χ1v) is 15.8. The van der Waals surface area contributed by atoms with Gasteiger partial charge in [-0.3, -0.25) is 9.59 Å². The van der Waals surface area contributed by atoms with E-state index in [1.807, 2.05) is 91.3 Å². The summed E-state index contributed by atoms with van der Waals surface area (Å²) in [5.41, 5.74) is 11.3. The summed E-state index contributed by atoms with van der Waals surface area (Å²) in [5.74, 6) is -1.56. The van der Waals surface area contributed by atoms with Gasteiger partial charge in [0.1, 0.15) is 24.4 Å². The molecule has 0 saturated carbocycles. The van der Waals surface area contributed by atoms with Crippen LogP contribution in [0.1, 0.15) is 22.3 Å². The zero-order valence-electron chi connectivity index (χ0n) is 26.2. The molecule has 48 heavy (non-hydrogen) atoms. The maximum atomic E-state index is 14.1. The quantitative estimate of drug-likeness (QED) is 0.102. The number of rotatable bonds is 13. The van der Waals surface area contributed by atoms with Crippen molar-refractivity contribution >= 4 is 39.6 Å². The van der Waals surface area contributed by atoms with Gasteiger partial charge in [0.25, 0.3) is 0 Å². The highest BCUT2D eigenvalue weighted by molar-refractivity contribution is 5.94. The number of hydrogen-bond donors (Lipinski definition) is 6. The van der Waals surface area contributed by atoms with Crippen LogP contribution in [0.15, 0.2) is 116 Å². The number of hydrogen-bond acceptors (Lipinski definition) is 6. The summed E-state index contributed by atoms with van der Waals surface area (Å²) < 4.78 is 5.70. The third-order valence-corrected chi connectivity index (χ3v) is 8.38. The van der Waals surface area contributed by atoms with Crippen molar-refractivity contribution in [3.8, 4) is 5.75 Å². The van der Waals surface area contributed by atoms with Gasteiger partial charge in [0.05, 0.1) is 6.04 Å². The highest BCUT2D eigenvalue weighted by atomic mass is 16.5. The number of aromatic nitrogens is 2. The number of fused-ring (bicyclic) bond motifs is 2. The van der Waals surface area contributed by atoms with Gasteiger partial charge in [-0.25, -0.2) is 4.79 Å². The van der Waals surface area contributed by atoms with E-state index in [2.05, 4.69) is 20.6 Å². The number of aromatic hydroxyl groups is 1. The van der Waals surface area contributed by atoms with Crippen molar-refractivity contribution in [1.29, 1.82) is 0 Å². The number of nitrogens with two attached hydrogens (primary N) is 1. The highest BCUT2D eigenvalue weighted by Gasteiger charge is 2.30. The van der Waals surface area contributed by atoms with Gasteiger partial charge in [-0.05, 0) is 52.9 Å². The van der Waals surface area contributed by atoms with Crippen LogP contribution in [0.3, 0.4) is 0 Å². The van der Waals surface area contributed by atoms with Crippen molar-refractivity contribution < 1.29 is 24.2 Å². The molecule has 0 aliphatic heterocycles. The minimum absolute atomic E-state index is 0.0432. The van der Waals surface area contributed by atoms with E-state index in [9.17, 15) is 19.5 Å². The first-order valence-electron chi connectivity index (χ1n) is 15.8. The summed E-state index contributed by atoms with van der Waals surface area (Å²) in [6.07, 6.45) is 4.14. The number of nitrogens with one attached hydrogen (secondary N) is 4. The lowest BCUT2D eigenvalue weighted by Crippen LogP contribution is -2.56. The van der Waals surface area contributed by atoms with Crippen molar-refractivity contribution in [3.05, 3.63) is 138 Å². The zero-order valence-corrected chi connectivity index (χ0v) is 26.2. The third kappa shape index (κ3) is 7.73. The van der Waals surface area contributed by atoms with Crippen molar-refractivity contribution in [3.63, 3.8) is 0 Å². The summed E-state index contributed by atoms with van der Waals surface area (Å²) in [6, 6.07) is 28.1. The largest absolute Gasteiger partial charge is 0.508 e. The lowest BCUT2D eigenvalue weighted by atomic mass is 10.0. The Morgan fingerprint density at radius 1 is 0.646 bits per heavy atom. The molecule has 2 amide bonds. The summed E-state index contributed by atoms with van der Waals surface area (Å²) in [4.78, 5) is 47.6. The van der Waals surface area contributed by atoms with Crippen molar-refractivity contribution in [2.24, 2.45) is 5.73 Å². The van der Waals surface area contributed by atoms with Crippen molar-refractivity contribution in [1.82, 2.24) is 20.6 Å². The number of phenolic OH excluding ortho intramolecular Hbond substituents is 1. The number of amides is 2. The molecule has 10 heteroatoms. The first-order chi connectivity index (χ1) is 23.3. The molecular formula is C38H37N5O5. The molecule has 0 radical (unpaired) electrons. The minimum atomic E-state index is -1.06. The van der Waals surface area contributed by atoms with Gasteiger partial charge in [-0.2, -0.15) is 0 Å². The molecule has 0 saturated heterocycles. The predicted octanol–water partition coefficient (Wildman–Crippen LogP) is 4.42. The van der Waals surface area contributed by atoms with Gasteiger partial charge >= 0.3 is 5.97 Å². The second-order valence-corrected chi connectivity index (χ2v) is 11.8. The molecule has 244 valence electrons. The average Bonchev–Trinajstić information content (AvgIpc) is 3.72. The summed E-state index contributed by atoms with van der Waals surface area (Å²) in [7, 11) is 0. The number of para-hydroxylation sites is 2. The van der Waals surface area contributed by atoms with Gasteiger partial charge in [-0.1, -0.05) is 78.9 Å². The van der Waals surface area contributed by atoms with Crippen LogP contribution in [-0.2, 0) is 45.0 Å². The molecule has 0 aliphatic rings. The Morgan fingerprint density at radius 3 is 1.81 bits per heavy atom. The minimum Gasteiger partial charge on any atom is -0.508 e. The van der Waals surface area contributed by atoms with E-state index in [1.165, 1.54) is 12.1 Å². The van der Waals surface area contributed by atoms with Crippen molar-refractivity contribution in [2.75, 3.05) is 0 Å². The van der Waals surface area contributed by atoms with Gasteiger partial charge in [0, 0.05) is 47.0 Å². The Balaban J connectivity index is 1.25. The third-order valence-electron chi connectivity index (χ3n) is 8.38. The van der Waals surface area contributed by atoms with E-state index in [0.29, 0.717) is 0 Å². The van der Waals surface area contributed by atoms with E-state index < -0.39 is 35.9 Å². The normalized spacial score (nSPS) is 13.1. The summed E-state index contributed by atoms with van der Waals surface area (Å²) >= 11 is 0. The number of ether oxygens (including phenoxy) is 1. The fourth-order valence-corrected chi connectivity index (χ4v) is 5.80. The Kier molecular flexibility index (Phi) is 9.83. The number of carbonyl (C=O) groups is 3. The molecular weight excluding hydrogens is 606 g/mol. The molecule has 0 fully saturated rings. The molecule has 0 bridgehead atoms. The molecule has 0 spiro atoms. The van der Waals surface area contributed by atoms with E-state index in [0.717, 1.165) is 44.1 Å². The Labute approximate surface area is 277 Å². The van der Waals surface area contributed by atoms with Gasteiger partial charge in [0.2, 0.25) is 11.8 Å². The van der Waals surface area contributed by atoms with E-state index >= 15 is 0 Å². The van der Waals surface area contributed by atoms with Crippen molar-refractivity contribution in [2.45, 2.75) is 44.0 Å². The van der Waals surface area contributed by atoms with E-state index in [4.69, 9.17) is 10.5 Å². The second kappa shape index (κ2) is 14.7. The molecule has 2 heterocycles. The summed E-state index contributed by atoms with van der Waals surface area (Å²) in [5, 5.41) is 17.2. The van der Waals surface area contributed by atoms with Gasteiger partial charge in [0.15, 0.2) is 0 Å². The maximum Gasteiger partial charge on any atom is 0.329 e. The molecule has 6 rings (SSSR count). The number of aromatic amines is 2. The molecule has 7 N–H and O–H groups in total. The number of benzene rings is 4. The molecule has 10 nitrogen and oxygen atoms in total. The Bertz CT molecular complexity index is 2020. The number of H-pyrrole nitrogens is 2. The van der Waals surface area contributed by atoms with Crippen LogP contribution in [0.5, 0.6) is 5.75 Å². The van der Waals surface area contributed by atoms with Gasteiger partial charge < -0.3 is 36.2 Å². The molecule has 0 aliphatic carbocycles. The van der Waals surface area contributed by atoms with Crippen LogP contribution in [0.4, 0.5) is 0 Å². The number of phenols is 1. The molecule has 0 unspecified atom stereocenters. The maximum absolute atomic E-state index is 14.1. The standard InChI is InChI=1S/C38H37N5O5/c39-31(18-24-14-16-28(44)17-15-24)36(45)42-34(19-26-21-40-32-12-6-4-10-29(26)32)37(46)43-35(38(47)48-23-25-8-2-1-3-9-25)20-27-22-41-33-13-7-5-11-30(27)33/h1-17,21-22,31,34-35,40-41,44H,18-20,23,39H2,(H,42,45)(H,43,46)/t31-,34-,35-/m0/s1. The number of esters is 1. The van der Waals surface area contributed by atoms with Crippen LogP contribution in [0.2, 0.25) is 0 Å². The van der Waals surface area contributed by atoms with Crippen LogP contribution in [-0.4, -0.2) is 51.0 Å². The molecule has 4 aromatic carbocycles. The smallest absolute Gasteiger partial charge is 0.329 e. The van der Waals surface area contributed by atoms with E-state index in [-0.39, 0.29) is 31.6 Å². The number of carbonyl (C=O) groups excluding carboxylic acids is 3. The SMILES string of the molecule is N[C@@H](Cc1ccc(O)cc1)C(=O)N[C@@H](Cc1c[nH]c2ccccc12)C(=O)N[C@@H](Cc1c[nH]c2ccccc12)C(=O)OCc1ccccc1. The molecule has 3 atom stereocenters. The van der Waals surface area contributed by atoms with Crippen LogP contribution < -0.4 is 16.4 Å². The fourth-order valence-electron chi connectivity index (χ4n) is 5.80. The first kappa shape index (κ1) is 32.1. The average molecular weight is 644 g/mol. The highest BCUT2D eigenvalue weighted by Crippen LogP contribution is 2.22. The monoisotopic (exact) mass is 643 g/mol. The fraction of sp³-hybridized carbons (Fsp3) is 0.184. The molecule has 2 aromatic heterocycles. The zero-order chi connectivity index (χ0) is 33.5. The summed E-state index contributed by atoms with van der Waals surface area (Å²) in [6.45, 7) is 0.0432. The van der Waals surface area contributed by atoms with Gasteiger partial charge in [-0.15, -0.1) is 0 Å². The predicted molar refractivity (Wildman–Crippen MR) is 184 cm³/mol. The Morgan fingerprint density at radius 2 is 1.19 bits per heavy atom. The van der Waals surface area contributed by atoms with E-state index in [1.54, 1.807) is 12.1 Å². The van der Waals surface area contributed by atoms with Crippen LogP contribution in [0, 0.1) is 0 Å². The van der Waals surface area contributed by atoms with Crippen LogP contribution in [0.25, 0.3) is 21.8 Å². The lowest BCUT2D eigenvalue weighted by molar-refractivity contribution is -0.149. The van der Waals surface area contributed by atoms with Crippen LogP contribution >= 0.6 is 0 Å². The lowest BCUT2D eigenvalue weighted by Gasteiger charge is -2.24. The Hall–Kier alpha value is -5.87. The second-order valence-electron chi connectivity index (χ2n) is 11.8. The molecule has 6 aromatic rings. The topological polar surface area (TPSA) is 162 Å².